The number of aromatic nitrogens is 3. The Kier molecular flexibility index (Phi) is 5.94. The molecule has 2 aromatic heterocycles. The Morgan fingerprint density at radius 2 is 1.92 bits per heavy atom. The van der Waals surface area contributed by atoms with Crippen LogP contribution in [0, 0.1) is 13.8 Å². The van der Waals surface area contributed by atoms with Gasteiger partial charge in [0.1, 0.15) is 5.82 Å². The molecular weight excluding hydrogens is 324 g/mol. The van der Waals surface area contributed by atoms with E-state index in [2.05, 4.69) is 65.7 Å². The van der Waals surface area contributed by atoms with Crippen LogP contribution in [0.3, 0.4) is 0 Å². The first-order valence-electron chi connectivity index (χ1n) is 9.56. The predicted octanol–water partition coefficient (Wildman–Crippen LogP) is 2.42. The number of nitrogens with zero attached hydrogens (tertiary/aromatic N) is 5. The Bertz CT molecular complexity index is 738. The third-order valence-corrected chi connectivity index (χ3v) is 5.31. The molecule has 3 rings (SSSR count). The molecule has 0 spiro atoms. The molecule has 1 aliphatic heterocycles. The second-order valence-corrected chi connectivity index (χ2v) is 7.55. The number of anilines is 1. The van der Waals surface area contributed by atoms with Crippen LogP contribution in [0.2, 0.25) is 0 Å². The molecule has 1 saturated heterocycles. The van der Waals surface area contributed by atoms with Crippen LogP contribution >= 0.6 is 0 Å². The van der Waals surface area contributed by atoms with Crippen molar-refractivity contribution in [2.24, 2.45) is 7.05 Å². The van der Waals surface area contributed by atoms with E-state index in [1.54, 1.807) is 0 Å². The first-order valence-corrected chi connectivity index (χ1v) is 9.56. The molecule has 6 heteroatoms. The van der Waals surface area contributed by atoms with Crippen molar-refractivity contribution < 1.29 is 0 Å². The maximum absolute atomic E-state index is 4.71. The number of pyridine rings is 1. The molecule has 1 atom stereocenters. The van der Waals surface area contributed by atoms with Crippen molar-refractivity contribution in [2.75, 3.05) is 38.1 Å². The Hall–Kier alpha value is -1.92. The summed E-state index contributed by atoms with van der Waals surface area (Å²) >= 11 is 0. The molecule has 0 amide bonds. The molecule has 1 N–H and O–H groups in total. The third kappa shape index (κ3) is 4.24. The molecule has 1 fully saturated rings. The zero-order valence-corrected chi connectivity index (χ0v) is 16.8. The summed E-state index contributed by atoms with van der Waals surface area (Å²) in [6, 6.07) is 2.46. The zero-order chi connectivity index (χ0) is 18.7. The maximum Gasteiger partial charge on any atom is 0.131 e. The fourth-order valence-corrected chi connectivity index (χ4v) is 3.74. The molecular formula is C20H32N6. The van der Waals surface area contributed by atoms with Crippen LogP contribution in [-0.2, 0) is 13.6 Å². The maximum atomic E-state index is 4.71. The van der Waals surface area contributed by atoms with Crippen molar-refractivity contribution in [1.82, 2.24) is 25.0 Å². The Labute approximate surface area is 157 Å². The third-order valence-electron chi connectivity index (χ3n) is 5.31. The van der Waals surface area contributed by atoms with Crippen LogP contribution in [-0.4, -0.2) is 52.9 Å². The van der Waals surface area contributed by atoms with Crippen molar-refractivity contribution in [3.05, 3.63) is 40.8 Å². The second-order valence-electron chi connectivity index (χ2n) is 7.55. The molecule has 0 bridgehead atoms. The summed E-state index contributed by atoms with van der Waals surface area (Å²) in [5, 5.41) is 8.38. The van der Waals surface area contributed by atoms with Gasteiger partial charge in [0.05, 0.1) is 5.69 Å². The largest absolute Gasteiger partial charge is 0.355 e. The summed E-state index contributed by atoms with van der Waals surface area (Å²) < 4.78 is 2.05. The van der Waals surface area contributed by atoms with E-state index in [1.807, 2.05) is 12.4 Å². The molecule has 142 valence electrons. The monoisotopic (exact) mass is 356 g/mol. The summed E-state index contributed by atoms with van der Waals surface area (Å²) in [4.78, 5) is 9.23. The van der Waals surface area contributed by atoms with Crippen molar-refractivity contribution in [2.45, 2.75) is 39.8 Å². The van der Waals surface area contributed by atoms with Crippen molar-refractivity contribution in [3.63, 3.8) is 0 Å². The van der Waals surface area contributed by atoms with E-state index >= 15 is 0 Å². The summed E-state index contributed by atoms with van der Waals surface area (Å²) in [7, 11) is 4.27. The van der Waals surface area contributed by atoms with Crippen molar-refractivity contribution in [3.8, 4) is 0 Å². The van der Waals surface area contributed by atoms with Gasteiger partial charge in [0.25, 0.3) is 0 Å². The van der Waals surface area contributed by atoms with Gasteiger partial charge in [-0.15, -0.1) is 0 Å². The molecule has 6 nitrogen and oxygen atoms in total. The number of aryl methyl sites for hydroxylation is 3. The van der Waals surface area contributed by atoms with Gasteiger partial charge in [-0.1, -0.05) is 6.07 Å². The zero-order valence-electron chi connectivity index (χ0n) is 16.8. The fourth-order valence-electron chi connectivity index (χ4n) is 3.74. The first kappa shape index (κ1) is 18.9. The van der Waals surface area contributed by atoms with Gasteiger partial charge < -0.3 is 15.1 Å². The Morgan fingerprint density at radius 1 is 1.12 bits per heavy atom. The Balaban J connectivity index is 1.75. The lowest BCUT2D eigenvalue weighted by Gasteiger charge is -2.25. The van der Waals surface area contributed by atoms with E-state index in [-0.39, 0.29) is 6.04 Å². The molecule has 1 aliphatic rings. The minimum absolute atomic E-state index is 0.255. The molecule has 2 aromatic rings. The van der Waals surface area contributed by atoms with Gasteiger partial charge in [0.15, 0.2) is 0 Å². The number of hydrogen-bond donors (Lipinski definition) is 1. The molecule has 0 radical (unpaired) electrons. The quantitative estimate of drug-likeness (QED) is 0.892. The Morgan fingerprint density at radius 3 is 2.69 bits per heavy atom. The van der Waals surface area contributed by atoms with Crippen LogP contribution in [0.25, 0.3) is 0 Å². The average Bonchev–Trinajstić information content (AvgIpc) is 2.75. The van der Waals surface area contributed by atoms with Crippen molar-refractivity contribution in [1.29, 1.82) is 0 Å². The number of hydrogen-bond acceptors (Lipinski definition) is 5. The van der Waals surface area contributed by atoms with Gasteiger partial charge >= 0.3 is 0 Å². The van der Waals surface area contributed by atoms with Crippen LogP contribution in [0.4, 0.5) is 5.82 Å². The van der Waals surface area contributed by atoms with Gasteiger partial charge in [0.2, 0.25) is 0 Å². The highest BCUT2D eigenvalue weighted by atomic mass is 15.4. The van der Waals surface area contributed by atoms with Gasteiger partial charge in [-0.05, 0) is 51.9 Å². The molecule has 0 aliphatic carbocycles. The second kappa shape index (κ2) is 8.18. The summed E-state index contributed by atoms with van der Waals surface area (Å²) in [5.41, 5.74) is 4.85. The van der Waals surface area contributed by atoms with E-state index in [0.29, 0.717) is 0 Å². The first-order chi connectivity index (χ1) is 12.5. The fraction of sp³-hybridized carbons (Fsp3) is 0.600. The van der Waals surface area contributed by atoms with Crippen LogP contribution < -0.4 is 10.2 Å². The van der Waals surface area contributed by atoms with E-state index in [1.165, 1.54) is 28.9 Å². The van der Waals surface area contributed by atoms with E-state index in [4.69, 9.17) is 5.10 Å². The normalized spacial score (nSPS) is 17.3. The average molecular weight is 357 g/mol. The van der Waals surface area contributed by atoms with Crippen LogP contribution in [0.5, 0.6) is 0 Å². The minimum atomic E-state index is 0.255. The minimum Gasteiger partial charge on any atom is -0.355 e. The van der Waals surface area contributed by atoms with Crippen LogP contribution in [0.15, 0.2) is 18.5 Å². The van der Waals surface area contributed by atoms with Gasteiger partial charge in [0, 0.05) is 57.2 Å². The lowest BCUT2D eigenvalue weighted by atomic mass is 10.1. The molecule has 0 saturated carbocycles. The molecule has 1 unspecified atom stereocenters. The SMILES string of the molecule is Cc1cncc(C(C)NCc2c(C)nn(C)c2N2CCCN(C)CC2)c1. The summed E-state index contributed by atoms with van der Waals surface area (Å²) in [6.45, 7) is 11.6. The van der Waals surface area contributed by atoms with E-state index < -0.39 is 0 Å². The van der Waals surface area contributed by atoms with E-state index in [9.17, 15) is 0 Å². The topological polar surface area (TPSA) is 49.2 Å². The lowest BCUT2D eigenvalue weighted by molar-refractivity contribution is 0.360. The summed E-state index contributed by atoms with van der Waals surface area (Å²) in [6.07, 6.45) is 5.04. The number of likely N-dealkylation sites (N-methyl/N-ethyl adjacent to an activating group) is 1. The predicted molar refractivity (Wildman–Crippen MR) is 107 cm³/mol. The highest BCUT2D eigenvalue weighted by Gasteiger charge is 2.21. The molecule has 0 aromatic carbocycles. The van der Waals surface area contributed by atoms with Gasteiger partial charge in [-0.3, -0.25) is 9.67 Å². The van der Waals surface area contributed by atoms with Gasteiger partial charge in [-0.25, -0.2) is 0 Å². The highest BCUT2D eigenvalue weighted by molar-refractivity contribution is 5.50. The standard InChI is InChI=1S/C20H32N6/c1-15-11-18(13-21-12-15)16(2)22-14-19-17(3)23-25(5)20(19)26-8-6-7-24(4)9-10-26/h11-13,16,22H,6-10,14H2,1-5H3. The van der Waals surface area contributed by atoms with E-state index in [0.717, 1.165) is 38.4 Å². The number of rotatable bonds is 5. The number of nitrogens with one attached hydrogen (secondary N) is 1. The highest BCUT2D eigenvalue weighted by Crippen LogP contribution is 2.25. The smallest absolute Gasteiger partial charge is 0.131 e. The molecule has 3 heterocycles. The summed E-state index contributed by atoms with van der Waals surface area (Å²) in [5.74, 6) is 1.26. The lowest BCUT2D eigenvalue weighted by Crippen LogP contribution is -2.31. The van der Waals surface area contributed by atoms with Crippen molar-refractivity contribution >= 4 is 5.82 Å². The molecule has 26 heavy (non-hydrogen) atoms. The van der Waals surface area contributed by atoms with Crippen LogP contribution in [0.1, 0.15) is 41.8 Å². The van der Waals surface area contributed by atoms with Gasteiger partial charge in [-0.2, -0.15) is 5.10 Å².